The Balaban J connectivity index is 2.98. The fourth-order valence-corrected chi connectivity index (χ4v) is 1.25. The summed E-state index contributed by atoms with van der Waals surface area (Å²) in [5, 5.41) is 0. The zero-order chi connectivity index (χ0) is 9.42. The quantitative estimate of drug-likeness (QED) is 0.461. The van der Waals surface area contributed by atoms with E-state index < -0.39 is 0 Å². The van der Waals surface area contributed by atoms with Crippen LogP contribution in [0, 0.1) is 4.77 Å². The van der Waals surface area contributed by atoms with Gasteiger partial charge in [0, 0.05) is 7.74 Å². The van der Waals surface area contributed by atoms with Crippen molar-refractivity contribution in [3.8, 4) is 0 Å². The molecule has 0 atom stereocenters. The molecule has 0 bridgehead atoms. The van der Waals surface area contributed by atoms with Gasteiger partial charge in [0.25, 0.3) is 5.56 Å². The van der Waals surface area contributed by atoms with E-state index in [1.807, 2.05) is 0 Å². The first-order valence-corrected chi connectivity index (χ1v) is 3.87. The standard InChI is InChI=1S/C5H3B2N4OS/c6-7-11-1-8-2-3(11)9-5(13)10-4(2)12/h1H,(H2,9,10,12,13). The van der Waals surface area contributed by atoms with Crippen LogP contribution >= 0.6 is 12.2 Å². The third-order valence-electron chi connectivity index (χ3n) is 1.63. The first-order chi connectivity index (χ1) is 6.22. The van der Waals surface area contributed by atoms with Crippen molar-refractivity contribution in [2.45, 2.75) is 0 Å². The molecule has 2 rings (SSSR count). The van der Waals surface area contributed by atoms with Crippen LogP contribution in [-0.2, 0) is 0 Å². The van der Waals surface area contributed by atoms with E-state index in [1.165, 1.54) is 18.1 Å². The first kappa shape index (κ1) is 8.30. The van der Waals surface area contributed by atoms with E-state index in [-0.39, 0.29) is 15.8 Å². The normalized spacial score (nSPS) is 10.5. The van der Waals surface area contributed by atoms with E-state index in [0.29, 0.717) is 5.65 Å². The lowest BCUT2D eigenvalue weighted by Gasteiger charge is -1.96. The lowest BCUT2D eigenvalue weighted by atomic mass is 9.67. The zero-order valence-electron chi connectivity index (χ0n) is 6.44. The number of aromatic amines is 2. The second kappa shape index (κ2) is 2.88. The number of hydrogen-bond donors (Lipinski definition) is 2. The molecule has 0 amide bonds. The van der Waals surface area contributed by atoms with Crippen LogP contribution in [0.15, 0.2) is 11.1 Å². The molecule has 13 heavy (non-hydrogen) atoms. The van der Waals surface area contributed by atoms with E-state index >= 15 is 0 Å². The third kappa shape index (κ3) is 1.23. The second-order valence-electron chi connectivity index (χ2n) is 2.41. The maximum absolute atomic E-state index is 11.3. The molecular formula is C5H3B2N4OS. The highest BCUT2D eigenvalue weighted by molar-refractivity contribution is 7.71. The maximum atomic E-state index is 11.3. The Hall–Kier alpha value is -1.30. The average molecular weight is 189 g/mol. The van der Waals surface area contributed by atoms with Gasteiger partial charge >= 0.3 is 0 Å². The SMILES string of the molecule is [B][B]n1cnc2c(=O)[nH]c(=S)[nH]c21. The lowest BCUT2D eigenvalue weighted by Crippen LogP contribution is -2.11. The van der Waals surface area contributed by atoms with E-state index in [4.69, 9.17) is 20.0 Å². The van der Waals surface area contributed by atoms with Gasteiger partial charge in [0.2, 0.25) is 0 Å². The van der Waals surface area contributed by atoms with E-state index in [2.05, 4.69) is 15.0 Å². The molecule has 0 saturated heterocycles. The Labute approximate surface area is 79.9 Å². The predicted molar refractivity (Wildman–Crippen MR) is 52.4 cm³/mol. The van der Waals surface area contributed by atoms with Crippen molar-refractivity contribution in [3.05, 3.63) is 21.5 Å². The number of aromatic nitrogens is 4. The molecule has 5 nitrogen and oxygen atoms in total. The van der Waals surface area contributed by atoms with Crippen molar-refractivity contribution in [1.82, 2.24) is 19.4 Å². The molecule has 0 fully saturated rings. The minimum atomic E-state index is -0.320. The molecule has 2 aromatic rings. The minimum Gasteiger partial charge on any atom is -0.377 e. The van der Waals surface area contributed by atoms with Crippen LogP contribution in [0.3, 0.4) is 0 Å². The third-order valence-corrected chi connectivity index (χ3v) is 1.83. The molecule has 3 radical (unpaired) electrons. The molecule has 2 heterocycles. The molecule has 0 aliphatic heterocycles. The molecular weight excluding hydrogens is 186 g/mol. The summed E-state index contributed by atoms with van der Waals surface area (Å²) in [6, 6.07) is 0. The number of H-pyrrole nitrogens is 2. The van der Waals surface area contributed by atoms with Gasteiger partial charge in [0.1, 0.15) is 5.65 Å². The Morgan fingerprint density at radius 3 is 3.08 bits per heavy atom. The van der Waals surface area contributed by atoms with Gasteiger partial charge in [-0.25, -0.2) is 4.98 Å². The average Bonchev–Trinajstić information content (AvgIpc) is 2.47. The summed E-state index contributed by atoms with van der Waals surface area (Å²) in [4.78, 5) is 20.3. The minimum absolute atomic E-state index is 0.251. The van der Waals surface area contributed by atoms with Crippen LogP contribution in [0.1, 0.15) is 0 Å². The number of rotatable bonds is 1. The van der Waals surface area contributed by atoms with Crippen molar-refractivity contribution < 1.29 is 0 Å². The summed E-state index contributed by atoms with van der Waals surface area (Å²) in [7, 11) is 6.58. The van der Waals surface area contributed by atoms with Crippen LogP contribution in [0.25, 0.3) is 11.2 Å². The molecule has 0 spiro atoms. The highest BCUT2D eigenvalue weighted by Crippen LogP contribution is 2.01. The van der Waals surface area contributed by atoms with Crippen LogP contribution < -0.4 is 5.56 Å². The maximum Gasteiger partial charge on any atom is 0.279 e. The Bertz CT molecular complexity index is 555. The summed E-state index contributed by atoms with van der Waals surface area (Å²) in [5.41, 5.74) is 0.464. The smallest absolute Gasteiger partial charge is 0.279 e. The monoisotopic (exact) mass is 189 g/mol. The lowest BCUT2D eigenvalue weighted by molar-refractivity contribution is 1.11. The van der Waals surface area contributed by atoms with Gasteiger partial charge in [-0.2, -0.15) is 0 Å². The highest BCUT2D eigenvalue weighted by atomic mass is 32.1. The van der Waals surface area contributed by atoms with Gasteiger partial charge in [0.15, 0.2) is 17.6 Å². The van der Waals surface area contributed by atoms with Crippen LogP contribution in [0.4, 0.5) is 0 Å². The van der Waals surface area contributed by atoms with Gasteiger partial charge < -0.3 is 9.46 Å². The van der Waals surface area contributed by atoms with Crippen molar-refractivity contribution in [1.29, 1.82) is 0 Å². The fourth-order valence-electron chi connectivity index (χ4n) is 1.07. The molecule has 0 unspecified atom stereocenters. The summed E-state index contributed by atoms with van der Waals surface area (Å²) in [6.07, 6.45) is 1.44. The summed E-state index contributed by atoms with van der Waals surface area (Å²) < 4.78 is 1.74. The van der Waals surface area contributed by atoms with Crippen molar-refractivity contribution in [2.75, 3.05) is 0 Å². The van der Waals surface area contributed by atoms with Gasteiger partial charge in [-0.15, -0.1) is 0 Å². The molecule has 2 aromatic heterocycles. The molecule has 0 saturated carbocycles. The summed E-state index contributed by atoms with van der Waals surface area (Å²) in [6.45, 7) is 0. The van der Waals surface area contributed by atoms with Gasteiger partial charge in [-0.3, -0.25) is 9.78 Å². The van der Waals surface area contributed by atoms with E-state index in [0.717, 1.165) is 0 Å². The molecule has 0 aromatic carbocycles. The number of fused-ring (bicyclic) bond motifs is 1. The number of nitrogens with zero attached hydrogens (tertiary/aromatic N) is 2. The van der Waals surface area contributed by atoms with E-state index in [9.17, 15) is 4.79 Å². The largest absolute Gasteiger partial charge is 0.377 e. The Morgan fingerprint density at radius 2 is 2.38 bits per heavy atom. The fraction of sp³-hybridized carbons (Fsp3) is 0. The van der Waals surface area contributed by atoms with E-state index in [1.54, 1.807) is 0 Å². The Kier molecular flexibility index (Phi) is 1.84. The number of imidazole rings is 1. The van der Waals surface area contributed by atoms with Crippen molar-refractivity contribution in [3.63, 3.8) is 0 Å². The zero-order valence-corrected chi connectivity index (χ0v) is 7.26. The first-order valence-electron chi connectivity index (χ1n) is 3.46. The second-order valence-corrected chi connectivity index (χ2v) is 2.81. The van der Waals surface area contributed by atoms with Crippen LogP contribution in [0.2, 0.25) is 0 Å². The van der Waals surface area contributed by atoms with Gasteiger partial charge in [-0.1, -0.05) is 0 Å². The molecule has 61 valence electrons. The molecule has 0 aliphatic carbocycles. The van der Waals surface area contributed by atoms with Gasteiger partial charge in [-0.05, 0) is 12.2 Å². The molecule has 8 heteroatoms. The Morgan fingerprint density at radius 1 is 1.62 bits per heavy atom. The van der Waals surface area contributed by atoms with Crippen LogP contribution in [0.5, 0.6) is 0 Å². The summed E-state index contributed by atoms with van der Waals surface area (Å²) >= 11 is 4.79. The predicted octanol–water partition coefficient (Wildman–Crippen LogP) is -0.667. The van der Waals surface area contributed by atoms with Crippen molar-refractivity contribution >= 4 is 38.4 Å². The number of hydrogen-bond acceptors (Lipinski definition) is 3. The molecule has 2 N–H and O–H groups in total. The van der Waals surface area contributed by atoms with Crippen LogP contribution in [-0.4, -0.2) is 34.5 Å². The molecule has 0 aliphatic rings. The number of nitrogens with one attached hydrogen (secondary N) is 2. The summed E-state index contributed by atoms with van der Waals surface area (Å²) in [5.74, 6) is 0. The highest BCUT2D eigenvalue weighted by Gasteiger charge is 2.04. The van der Waals surface area contributed by atoms with Crippen molar-refractivity contribution in [2.24, 2.45) is 0 Å². The van der Waals surface area contributed by atoms with Gasteiger partial charge in [0.05, 0.1) is 6.33 Å². The topological polar surface area (TPSA) is 66.5 Å².